The summed E-state index contributed by atoms with van der Waals surface area (Å²) in [5, 5.41) is 57.5. The van der Waals surface area contributed by atoms with Gasteiger partial charge < -0.3 is 40.4 Å². The zero-order chi connectivity index (χ0) is 25.4. The zero-order valence-corrected chi connectivity index (χ0v) is 17.9. The maximum absolute atomic E-state index is 11.2. The van der Waals surface area contributed by atoms with E-state index in [1.165, 1.54) is 36.4 Å². The van der Waals surface area contributed by atoms with Crippen molar-refractivity contribution in [3.05, 3.63) is 47.5 Å². The second-order valence-corrected chi connectivity index (χ2v) is 7.34. The number of carboxylic acid groups (broad SMARTS) is 4. The van der Waals surface area contributed by atoms with E-state index in [1.807, 2.05) is 0 Å². The molecule has 0 unspecified atom stereocenters. The first kappa shape index (κ1) is 25.8. The summed E-state index contributed by atoms with van der Waals surface area (Å²) < 4.78 is 0. The van der Waals surface area contributed by atoms with Crippen molar-refractivity contribution in [3.63, 3.8) is 0 Å². The van der Waals surface area contributed by atoms with Crippen LogP contribution in [-0.2, 0) is 32.0 Å². The molecule has 0 aromatic heterocycles. The zero-order valence-electron chi connectivity index (χ0n) is 17.9. The first-order valence-electron chi connectivity index (χ1n) is 9.98. The Hall–Kier alpha value is -4.48. The van der Waals surface area contributed by atoms with Gasteiger partial charge >= 0.3 is 23.9 Å². The third-order valence-corrected chi connectivity index (χ3v) is 4.86. The lowest BCUT2D eigenvalue weighted by Crippen LogP contribution is -2.35. The van der Waals surface area contributed by atoms with E-state index in [9.17, 15) is 49.8 Å². The summed E-state index contributed by atoms with van der Waals surface area (Å²) in [6.45, 7) is -2.57. The van der Waals surface area contributed by atoms with Crippen molar-refractivity contribution in [3.8, 4) is 11.5 Å². The molecule has 0 aliphatic carbocycles. The molecule has 0 saturated heterocycles. The molecule has 0 atom stereocenters. The van der Waals surface area contributed by atoms with E-state index in [0.29, 0.717) is 0 Å². The average Bonchev–Trinajstić information content (AvgIpc) is 2.71. The molecule has 12 heteroatoms. The summed E-state index contributed by atoms with van der Waals surface area (Å²) in [6.07, 6.45) is -0.00734. The van der Waals surface area contributed by atoms with Gasteiger partial charge in [0.2, 0.25) is 0 Å². The summed E-state index contributed by atoms with van der Waals surface area (Å²) in [5.74, 6) is -5.59. The first-order chi connectivity index (χ1) is 16.0. The highest BCUT2D eigenvalue weighted by Gasteiger charge is 2.22. The summed E-state index contributed by atoms with van der Waals surface area (Å²) in [7, 11) is 0. The molecule has 0 aliphatic heterocycles. The minimum absolute atomic E-state index is 0.00367. The molecule has 0 saturated carbocycles. The van der Waals surface area contributed by atoms with Crippen LogP contribution in [0.5, 0.6) is 11.5 Å². The normalized spacial score (nSPS) is 10.5. The molecular weight excluding hydrogens is 452 g/mol. The quantitative estimate of drug-likeness (QED) is 0.239. The number of carbonyl (C=O) groups is 4. The van der Waals surface area contributed by atoms with Gasteiger partial charge in [0.1, 0.15) is 37.7 Å². The lowest BCUT2D eigenvalue weighted by molar-refractivity contribution is -0.138. The van der Waals surface area contributed by atoms with Crippen molar-refractivity contribution in [2.75, 3.05) is 36.0 Å². The van der Waals surface area contributed by atoms with Crippen molar-refractivity contribution in [2.45, 2.75) is 12.8 Å². The smallest absolute Gasteiger partial charge is 0.323 e. The standard InChI is InChI=1S/C22H24N2O10/c25-17-5-1-3-15(23(9-19(27)28)10-20(29)30)13(17)7-8-14-16(4-2-6-18(14)26)24(11-21(31)32)12-22(33)34/h1-6,25-26H,7-12H2,(H,27,28)(H,29,30)(H,31,32)(H,33,34). The predicted molar refractivity (Wildman–Crippen MR) is 119 cm³/mol. The summed E-state index contributed by atoms with van der Waals surface area (Å²) >= 11 is 0. The highest BCUT2D eigenvalue weighted by atomic mass is 16.4. The molecule has 0 radical (unpaired) electrons. The van der Waals surface area contributed by atoms with Gasteiger partial charge in [-0.05, 0) is 37.1 Å². The van der Waals surface area contributed by atoms with Gasteiger partial charge in [-0.2, -0.15) is 0 Å². The second-order valence-electron chi connectivity index (χ2n) is 7.34. The van der Waals surface area contributed by atoms with E-state index >= 15 is 0 Å². The molecule has 182 valence electrons. The van der Waals surface area contributed by atoms with Crippen LogP contribution in [0.25, 0.3) is 0 Å². The monoisotopic (exact) mass is 476 g/mol. The molecule has 6 N–H and O–H groups in total. The summed E-state index contributed by atoms with van der Waals surface area (Å²) in [4.78, 5) is 47.1. The molecule has 0 spiro atoms. The van der Waals surface area contributed by atoms with Crippen LogP contribution in [-0.4, -0.2) is 80.7 Å². The largest absolute Gasteiger partial charge is 0.508 e. The Morgan fingerprint density at radius 3 is 1.12 bits per heavy atom. The number of aliphatic carboxylic acids is 4. The summed E-state index contributed by atoms with van der Waals surface area (Å²) in [6, 6.07) is 8.44. The molecule has 0 fully saturated rings. The fourth-order valence-corrected chi connectivity index (χ4v) is 3.59. The maximum atomic E-state index is 11.2. The van der Waals surface area contributed by atoms with E-state index in [-0.39, 0.29) is 46.8 Å². The number of aromatic hydroxyl groups is 2. The Morgan fingerprint density at radius 1 is 0.559 bits per heavy atom. The Kier molecular flexibility index (Phi) is 8.65. The highest BCUT2D eigenvalue weighted by Crippen LogP contribution is 2.34. The van der Waals surface area contributed by atoms with Gasteiger partial charge in [-0.1, -0.05) is 12.1 Å². The lowest BCUT2D eigenvalue weighted by atomic mass is 9.98. The fraction of sp³-hybridized carbons (Fsp3) is 0.273. The molecule has 0 bridgehead atoms. The van der Waals surface area contributed by atoms with Gasteiger partial charge in [0.25, 0.3) is 0 Å². The minimum Gasteiger partial charge on any atom is -0.508 e. The maximum Gasteiger partial charge on any atom is 0.323 e. The van der Waals surface area contributed by atoms with E-state index < -0.39 is 50.1 Å². The number of carboxylic acids is 4. The highest BCUT2D eigenvalue weighted by molar-refractivity contribution is 5.82. The Bertz CT molecular complexity index is 968. The number of anilines is 2. The van der Waals surface area contributed by atoms with Crippen molar-refractivity contribution in [1.29, 1.82) is 0 Å². The number of hydrogen-bond acceptors (Lipinski definition) is 8. The average molecular weight is 476 g/mol. The van der Waals surface area contributed by atoms with Gasteiger partial charge in [0, 0.05) is 22.5 Å². The molecule has 12 nitrogen and oxygen atoms in total. The third-order valence-electron chi connectivity index (χ3n) is 4.86. The van der Waals surface area contributed by atoms with Crippen molar-refractivity contribution >= 4 is 35.3 Å². The SMILES string of the molecule is O=C(O)CN(CC(=O)O)c1cccc(O)c1CCc1c(O)cccc1N(CC(=O)O)CC(=O)O. The van der Waals surface area contributed by atoms with Crippen LogP contribution in [0.4, 0.5) is 11.4 Å². The number of rotatable bonds is 13. The van der Waals surface area contributed by atoms with Crippen LogP contribution < -0.4 is 9.80 Å². The van der Waals surface area contributed by atoms with Crippen LogP contribution in [0.3, 0.4) is 0 Å². The number of phenolic OH excluding ortho intramolecular Hbond substituents is 2. The third kappa shape index (κ3) is 7.02. The van der Waals surface area contributed by atoms with E-state index in [4.69, 9.17) is 0 Å². The van der Waals surface area contributed by atoms with Crippen LogP contribution in [0.2, 0.25) is 0 Å². The van der Waals surface area contributed by atoms with Crippen molar-refractivity contribution in [2.24, 2.45) is 0 Å². The predicted octanol–water partition coefficient (Wildman–Crippen LogP) is 0.834. The molecule has 0 amide bonds. The van der Waals surface area contributed by atoms with Gasteiger partial charge in [0.05, 0.1) is 0 Å². The molecule has 2 aromatic carbocycles. The molecular formula is C22H24N2O10. The van der Waals surface area contributed by atoms with Crippen LogP contribution in [0.15, 0.2) is 36.4 Å². The number of benzene rings is 2. The topological polar surface area (TPSA) is 196 Å². The lowest BCUT2D eigenvalue weighted by Gasteiger charge is -2.26. The Labute approximate surface area is 193 Å². The number of nitrogens with zero attached hydrogens (tertiary/aromatic N) is 2. The molecule has 34 heavy (non-hydrogen) atoms. The van der Waals surface area contributed by atoms with Gasteiger partial charge in [-0.15, -0.1) is 0 Å². The molecule has 2 aromatic rings. The van der Waals surface area contributed by atoms with Gasteiger partial charge in [-0.3, -0.25) is 19.2 Å². The van der Waals surface area contributed by atoms with Crippen LogP contribution >= 0.6 is 0 Å². The number of phenols is 2. The number of hydrogen-bond donors (Lipinski definition) is 6. The molecule has 0 heterocycles. The second kappa shape index (κ2) is 11.4. The Balaban J connectivity index is 2.46. The van der Waals surface area contributed by atoms with Crippen molar-refractivity contribution in [1.82, 2.24) is 0 Å². The fourth-order valence-electron chi connectivity index (χ4n) is 3.59. The first-order valence-corrected chi connectivity index (χ1v) is 9.98. The summed E-state index contributed by atoms with van der Waals surface area (Å²) in [5.41, 5.74) is 0.744. The molecule has 2 rings (SSSR count). The Morgan fingerprint density at radius 2 is 0.853 bits per heavy atom. The van der Waals surface area contributed by atoms with Gasteiger partial charge in [0.15, 0.2) is 0 Å². The van der Waals surface area contributed by atoms with E-state index in [1.54, 1.807) is 0 Å². The minimum atomic E-state index is -1.28. The molecule has 0 aliphatic rings. The van der Waals surface area contributed by atoms with E-state index in [0.717, 1.165) is 9.80 Å². The van der Waals surface area contributed by atoms with Crippen LogP contribution in [0, 0.1) is 0 Å². The van der Waals surface area contributed by atoms with Crippen LogP contribution in [0.1, 0.15) is 11.1 Å². The van der Waals surface area contributed by atoms with Crippen molar-refractivity contribution < 1.29 is 49.8 Å². The van der Waals surface area contributed by atoms with Gasteiger partial charge in [-0.25, -0.2) is 0 Å². The van der Waals surface area contributed by atoms with E-state index in [2.05, 4.69) is 0 Å².